The molecule has 0 saturated carbocycles. The van der Waals surface area contributed by atoms with Gasteiger partial charge in [0.25, 0.3) is 5.91 Å². The fourth-order valence-electron chi connectivity index (χ4n) is 1.08. The number of nitrogens with zero attached hydrogens (tertiary/aromatic N) is 2. The number of ether oxygens (including phenoxy) is 1. The Morgan fingerprint density at radius 3 is 2.65 bits per heavy atom. The Balaban J connectivity index is 2.53. The molecular formula is C9H12N4O4. The number of carbonyl (C=O) groups excluding carboxylic acids is 3. The molecule has 0 aliphatic heterocycles. The molecule has 0 bridgehead atoms. The van der Waals surface area contributed by atoms with Gasteiger partial charge in [0, 0.05) is 12.7 Å². The smallest absolute Gasteiger partial charge is 0.342 e. The molecule has 8 heteroatoms. The molecule has 1 aromatic heterocycles. The SMILES string of the molecule is Cc1c(C(=O)OCC(=O)NC(N)=O)cnn1C. The van der Waals surface area contributed by atoms with Crippen LogP contribution in [0.3, 0.4) is 0 Å². The van der Waals surface area contributed by atoms with E-state index in [-0.39, 0.29) is 5.56 Å². The van der Waals surface area contributed by atoms with Crippen LogP contribution in [0, 0.1) is 6.92 Å². The minimum atomic E-state index is -0.997. The predicted molar refractivity (Wildman–Crippen MR) is 56.0 cm³/mol. The highest BCUT2D eigenvalue weighted by Crippen LogP contribution is 2.06. The summed E-state index contributed by atoms with van der Waals surface area (Å²) in [4.78, 5) is 32.8. The quantitative estimate of drug-likeness (QED) is 0.663. The number of nitrogens with one attached hydrogen (secondary N) is 1. The Morgan fingerprint density at radius 2 is 2.18 bits per heavy atom. The van der Waals surface area contributed by atoms with Gasteiger partial charge in [-0.1, -0.05) is 0 Å². The molecule has 0 radical (unpaired) electrons. The third-order valence-electron chi connectivity index (χ3n) is 2.05. The van der Waals surface area contributed by atoms with Gasteiger partial charge in [-0.3, -0.25) is 14.8 Å². The molecule has 0 fully saturated rings. The molecule has 1 aromatic rings. The van der Waals surface area contributed by atoms with Crippen molar-refractivity contribution in [2.75, 3.05) is 6.61 Å². The van der Waals surface area contributed by atoms with Gasteiger partial charge in [-0.25, -0.2) is 9.59 Å². The highest BCUT2D eigenvalue weighted by molar-refractivity contribution is 5.96. The molecule has 0 aromatic carbocycles. The number of carbonyl (C=O) groups is 3. The van der Waals surface area contributed by atoms with Crippen LogP contribution in [0.15, 0.2) is 6.20 Å². The van der Waals surface area contributed by atoms with Crippen LogP contribution in [-0.2, 0) is 16.6 Å². The second-order valence-corrected chi connectivity index (χ2v) is 3.26. The molecular weight excluding hydrogens is 228 g/mol. The molecule has 0 atom stereocenters. The number of rotatable bonds is 3. The van der Waals surface area contributed by atoms with E-state index in [0.29, 0.717) is 5.69 Å². The highest BCUT2D eigenvalue weighted by Gasteiger charge is 2.15. The molecule has 17 heavy (non-hydrogen) atoms. The number of aromatic nitrogens is 2. The molecule has 3 N–H and O–H groups in total. The highest BCUT2D eigenvalue weighted by atomic mass is 16.5. The van der Waals surface area contributed by atoms with Gasteiger partial charge in [0.1, 0.15) is 5.56 Å². The van der Waals surface area contributed by atoms with Gasteiger partial charge in [0.2, 0.25) is 0 Å². The van der Waals surface area contributed by atoms with Gasteiger partial charge in [-0.05, 0) is 6.92 Å². The predicted octanol–water partition coefficient (Wildman–Crippen LogP) is -0.920. The van der Waals surface area contributed by atoms with Gasteiger partial charge in [-0.15, -0.1) is 0 Å². The van der Waals surface area contributed by atoms with E-state index < -0.39 is 24.5 Å². The number of hydrogen-bond donors (Lipinski definition) is 2. The second kappa shape index (κ2) is 5.10. The van der Waals surface area contributed by atoms with Gasteiger partial charge in [0.15, 0.2) is 6.61 Å². The molecule has 3 amide bonds. The van der Waals surface area contributed by atoms with Crippen molar-refractivity contribution >= 4 is 17.9 Å². The lowest BCUT2D eigenvalue weighted by atomic mass is 10.3. The molecule has 0 aliphatic rings. The first kappa shape index (κ1) is 12.7. The summed E-state index contributed by atoms with van der Waals surface area (Å²) in [5, 5.41) is 5.63. The van der Waals surface area contributed by atoms with Crippen LogP contribution in [0.1, 0.15) is 16.1 Å². The van der Waals surface area contributed by atoms with Crippen molar-refractivity contribution in [3.63, 3.8) is 0 Å². The minimum absolute atomic E-state index is 0.263. The first-order valence-corrected chi connectivity index (χ1v) is 4.67. The van der Waals surface area contributed by atoms with E-state index in [4.69, 9.17) is 5.73 Å². The molecule has 0 spiro atoms. The number of amides is 3. The van der Waals surface area contributed by atoms with Crippen LogP contribution in [0.4, 0.5) is 4.79 Å². The van der Waals surface area contributed by atoms with Crippen molar-refractivity contribution < 1.29 is 19.1 Å². The summed E-state index contributed by atoms with van der Waals surface area (Å²) >= 11 is 0. The van der Waals surface area contributed by atoms with E-state index in [1.54, 1.807) is 19.3 Å². The van der Waals surface area contributed by atoms with E-state index in [9.17, 15) is 14.4 Å². The second-order valence-electron chi connectivity index (χ2n) is 3.26. The topological polar surface area (TPSA) is 116 Å². The van der Waals surface area contributed by atoms with Crippen molar-refractivity contribution in [2.24, 2.45) is 12.8 Å². The van der Waals surface area contributed by atoms with Crippen LogP contribution >= 0.6 is 0 Å². The zero-order chi connectivity index (χ0) is 13.0. The minimum Gasteiger partial charge on any atom is -0.452 e. The average molecular weight is 240 g/mol. The largest absolute Gasteiger partial charge is 0.452 e. The number of urea groups is 1. The van der Waals surface area contributed by atoms with E-state index in [1.165, 1.54) is 10.9 Å². The van der Waals surface area contributed by atoms with Gasteiger partial charge in [0.05, 0.1) is 6.20 Å². The van der Waals surface area contributed by atoms with Crippen molar-refractivity contribution in [2.45, 2.75) is 6.92 Å². The van der Waals surface area contributed by atoms with Gasteiger partial charge >= 0.3 is 12.0 Å². The van der Waals surface area contributed by atoms with Gasteiger partial charge < -0.3 is 10.5 Å². The zero-order valence-electron chi connectivity index (χ0n) is 9.39. The molecule has 92 valence electrons. The third-order valence-corrected chi connectivity index (χ3v) is 2.05. The van der Waals surface area contributed by atoms with Crippen LogP contribution in [0.25, 0.3) is 0 Å². The summed E-state index contributed by atoms with van der Waals surface area (Å²) in [5.41, 5.74) is 5.59. The maximum Gasteiger partial charge on any atom is 0.342 e. The number of aryl methyl sites for hydroxylation is 1. The molecule has 0 aliphatic carbocycles. The summed E-state index contributed by atoms with van der Waals surface area (Å²) in [5.74, 6) is -1.47. The normalized spacial score (nSPS) is 9.76. The summed E-state index contributed by atoms with van der Waals surface area (Å²) in [6.45, 7) is 1.11. The molecule has 1 rings (SSSR count). The van der Waals surface area contributed by atoms with Crippen molar-refractivity contribution in [3.8, 4) is 0 Å². The van der Waals surface area contributed by atoms with Crippen LogP contribution in [0.5, 0.6) is 0 Å². The summed E-state index contributed by atoms with van der Waals surface area (Å²) in [6.07, 6.45) is 1.34. The fourth-order valence-corrected chi connectivity index (χ4v) is 1.08. The lowest BCUT2D eigenvalue weighted by molar-refractivity contribution is -0.123. The van der Waals surface area contributed by atoms with Crippen molar-refractivity contribution in [3.05, 3.63) is 17.5 Å². The standard InChI is InChI=1S/C9H12N4O4/c1-5-6(3-11-13(5)2)8(15)17-4-7(14)12-9(10)16/h3H,4H2,1-2H3,(H3,10,12,14,16). The lowest BCUT2D eigenvalue weighted by Crippen LogP contribution is -2.37. The summed E-state index contributed by atoms with van der Waals surface area (Å²) in [6, 6.07) is -0.997. The monoisotopic (exact) mass is 240 g/mol. The zero-order valence-corrected chi connectivity index (χ0v) is 9.39. The Morgan fingerprint density at radius 1 is 1.53 bits per heavy atom. The fraction of sp³-hybridized carbons (Fsp3) is 0.333. The molecule has 8 nitrogen and oxygen atoms in total. The van der Waals surface area contributed by atoms with E-state index >= 15 is 0 Å². The van der Waals surface area contributed by atoms with Crippen LogP contribution in [-0.4, -0.2) is 34.3 Å². The van der Waals surface area contributed by atoms with Crippen LogP contribution in [0.2, 0.25) is 0 Å². The number of primary amides is 1. The van der Waals surface area contributed by atoms with E-state index in [2.05, 4.69) is 9.84 Å². The lowest BCUT2D eigenvalue weighted by Gasteiger charge is -2.03. The number of hydrogen-bond acceptors (Lipinski definition) is 5. The Bertz CT molecular complexity index is 466. The third kappa shape index (κ3) is 3.30. The maximum absolute atomic E-state index is 11.5. The molecule has 1 heterocycles. The van der Waals surface area contributed by atoms with Crippen LogP contribution < -0.4 is 11.1 Å². The number of esters is 1. The first-order valence-electron chi connectivity index (χ1n) is 4.67. The van der Waals surface area contributed by atoms with Crippen molar-refractivity contribution in [1.82, 2.24) is 15.1 Å². The Hall–Kier alpha value is -2.38. The Kier molecular flexibility index (Phi) is 3.81. The number of imide groups is 1. The Labute approximate surface area is 96.7 Å². The summed E-state index contributed by atoms with van der Waals surface area (Å²) < 4.78 is 6.17. The number of nitrogens with two attached hydrogens (primary N) is 1. The average Bonchev–Trinajstić information content (AvgIpc) is 2.55. The van der Waals surface area contributed by atoms with Crippen molar-refractivity contribution in [1.29, 1.82) is 0 Å². The molecule has 0 unspecified atom stereocenters. The molecule has 0 saturated heterocycles. The van der Waals surface area contributed by atoms with Gasteiger partial charge in [-0.2, -0.15) is 5.10 Å². The maximum atomic E-state index is 11.5. The summed E-state index contributed by atoms with van der Waals surface area (Å²) in [7, 11) is 1.67. The van der Waals surface area contributed by atoms with E-state index in [1.807, 2.05) is 0 Å². The van der Waals surface area contributed by atoms with E-state index in [0.717, 1.165) is 0 Å². The first-order chi connectivity index (χ1) is 7.91.